The Labute approximate surface area is 156 Å². The fraction of sp³-hybridized carbons (Fsp3) is 0.353. The largest absolute Gasteiger partial charge is 0.492 e. The molecule has 1 saturated heterocycles. The van der Waals surface area contributed by atoms with Gasteiger partial charge in [0.25, 0.3) is 0 Å². The molecule has 1 unspecified atom stereocenters. The van der Waals surface area contributed by atoms with Gasteiger partial charge in [-0.15, -0.1) is 0 Å². The summed E-state index contributed by atoms with van der Waals surface area (Å²) in [5, 5.41) is 0. The minimum atomic E-state index is -3.62. The second-order valence-electron chi connectivity index (χ2n) is 5.59. The van der Waals surface area contributed by atoms with Crippen LogP contribution in [0.1, 0.15) is 13.3 Å². The lowest BCUT2D eigenvalue weighted by Gasteiger charge is -2.19. The lowest BCUT2D eigenvalue weighted by Crippen LogP contribution is -2.31. The highest BCUT2D eigenvalue weighted by Crippen LogP contribution is 2.29. The summed E-state index contributed by atoms with van der Waals surface area (Å²) in [4.78, 5) is 4.36. The monoisotopic (exact) mass is 426 g/mol. The zero-order valence-corrected chi connectivity index (χ0v) is 16.2. The first-order chi connectivity index (χ1) is 12.0. The van der Waals surface area contributed by atoms with Gasteiger partial charge < -0.3 is 9.47 Å². The summed E-state index contributed by atoms with van der Waals surface area (Å²) < 4.78 is 39.5. The van der Waals surface area contributed by atoms with E-state index in [4.69, 9.17) is 9.47 Å². The number of ether oxygens (including phenoxy) is 2. The van der Waals surface area contributed by atoms with E-state index in [0.29, 0.717) is 37.7 Å². The van der Waals surface area contributed by atoms with E-state index in [1.165, 1.54) is 4.31 Å². The first-order valence-corrected chi connectivity index (χ1v) is 10.2. The number of pyridine rings is 1. The number of halogens is 1. The van der Waals surface area contributed by atoms with Crippen LogP contribution in [0.2, 0.25) is 0 Å². The van der Waals surface area contributed by atoms with Gasteiger partial charge in [-0.05, 0) is 47.5 Å². The van der Waals surface area contributed by atoms with Crippen molar-refractivity contribution < 1.29 is 17.9 Å². The van der Waals surface area contributed by atoms with Gasteiger partial charge in [0.2, 0.25) is 15.9 Å². The van der Waals surface area contributed by atoms with E-state index in [0.717, 1.165) is 4.47 Å². The smallest absolute Gasteiger partial charge is 0.246 e. The molecule has 134 valence electrons. The Morgan fingerprint density at radius 2 is 2.08 bits per heavy atom. The highest BCUT2D eigenvalue weighted by molar-refractivity contribution is 9.10. The van der Waals surface area contributed by atoms with E-state index < -0.39 is 10.0 Å². The van der Waals surface area contributed by atoms with Crippen molar-refractivity contribution in [2.45, 2.75) is 24.3 Å². The Hall–Kier alpha value is -1.64. The Bertz CT molecular complexity index is 827. The molecule has 8 heteroatoms. The molecule has 1 aromatic heterocycles. The van der Waals surface area contributed by atoms with Crippen molar-refractivity contribution in [1.82, 2.24) is 9.29 Å². The predicted molar refractivity (Wildman–Crippen MR) is 97.3 cm³/mol. The maximum atomic E-state index is 12.9. The average Bonchev–Trinajstić information content (AvgIpc) is 3.07. The summed E-state index contributed by atoms with van der Waals surface area (Å²) in [6.07, 6.45) is 2.05. The topological polar surface area (TPSA) is 68.7 Å². The van der Waals surface area contributed by atoms with Crippen LogP contribution in [0, 0.1) is 0 Å². The van der Waals surface area contributed by atoms with Crippen molar-refractivity contribution in [2.75, 3.05) is 19.7 Å². The molecule has 25 heavy (non-hydrogen) atoms. The normalized spacial score (nSPS) is 18.2. The quantitative estimate of drug-likeness (QED) is 0.709. The number of para-hydroxylation sites is 1. The Morgan fingerprint density at radius 3 is 2.80 bits per heavy atom. The lowest BCUT2D eigenvalue weighted by atomic mass is 10.3. The van der Waals surface area contributed by atoms with E-state index in [-0.39, 0.29) is 11.0 Å². The fourth-order valence-electron chi connectivity index (χ4n) is 2.69. The predicted octanol–water partition coefficient (Wildman–Crippen LogP) is 3.08. The summed E-state index contributed by atoms with van der Waals surface area (Å²) >= 11 is 3.32. The summed E-state index contributed by atoms with van der Waals surface area (Å²) in [6, 6.07) is 10.3. The highest BCUT2D eigenvalue weighted by atomic mass is 79.9. The molecule has 1 atom stereocenters. The van der Waals surface area contributed by atoms with Crippen LogP contribution >= 0.6 is 15.9 Å². The Balaban J connectivity index is 1.73. The molecule has 2 heterocycles. The van der Waals surface area contributed by atoms with E-state index in [1.807, 2.05) is 13.0 Å². The lowest BCUT2D eigenvalue weighted by molar-refractivity contribution is 0.207. The van der Waals surface area contributed by atoms with E-state index in [2.05, 4.69) is 20.9 Å². The van der Waals surface area contributed by atoms with E-state index >= 15 is 0 Å². The van der Waals surface area contributed by atoms with Crippen molar-refractivity contribution in [3.63, 3.8) is 0 Å². The van der Waals surface area contributed by atoms with E-state index in [1.54, 1.807) is 36.5 Å². The minimum Gasteiger partial charge on any atom is -0.492 e. The van der Waals surface area contributed by atoms with Crippen LogP contribution < -0.4 is 9.47 Å². The zero-order chi connectivity index (χ0) is 17.9. The molecule has 6 nitrogen and oxygen atoms in total. The van der Waals surface area contributed by atoms with Gasteiger partial charge in [-0.1, -0.05) is 12.1 Å². The molecule has 1 aliphatic heterocycles. The first kappa shape index (κ1) is 18.2. The summed E-state index contributed by atoms with van der Waals surface area (Å²) in [6.45, 7) is 2.94. The van der Waals surface area contributed by atoms with Crippen LogP contribution in [0.25, 0.3) is 0 Å². The Morgan fingerprint density at radius 1 is 1.28 bits per heavy atom. The molecule has 0 radical (unpaired) electrons. The van der Waals surface area contributed by atoms with Crippen LogP contribution in [-0.2, 0) is 10.0 Å². The second-order valence-corrected chi connectivity index (χ2v) is 8.41. The maximum Gasteiger partial charge on any atom is 0.246 e. The van der Waals surface area contributed by atoms with Crippen LogP contribution in [0.4, 0.5) is 0 Å². The maximum absolute atomic E-state index is 12.9. The first-order valence-electron chi connectivity index (χ1n) is 8.01. The van der Waals surface area contributed by atoms with Gasteiger partial charge in [0, 0.05) is 23.3 Å². The molecule has 0 bridgehead atoms. The summed E-state index contributed by atoms with van der Waals surface area (Å²) in [5.74, 6) is 0.867. The molecule has 0 aliphatic carbocycles. The zero-order valence-electron chi connectivity index (χ0n) is 13.8. The molecule has 0 N–H and O–H groups in total. The number of hydrogen-bond acceptors (Lipinski definition) is 5. The standard InChI is InChI=1S/C17H19BrN2O4S/c1-2-23-15-5-3-4-6-16(15)25(21,22)20-10-9-14(12-20)24-17-8-7-13(18)11-19-17/h3-8,11,14H,2,9-10,12H2,1H3. The molecule has 1 aromatic carbocycles. The van der Waals surface area contributed by atoms with Crippen LogP contribution in [0.3, 0.4) is 0 Å². The van der Waals surface area contributed by atoms with Gasteiger partial charge in [-0.3, -0.25) is 0 Å². The van der Waals surface area contributed by atoms with Crippen molar-refractivity contribution in [2.24, 2.45) is 0 Å². The van der Waals surface area contributed by atoms with Crippen LogP contribution in [-0.4, -0.2) is 43.5 Å². The van der Waals surface area contributed by atoms with Crippen molar-refractivity contribution >= 4 is 26.0 Å². The Kier molecular flexibility index (Phi) is 5.61. The molecule has 0 saturated carbocycles. The molecular formula is C17H19BrN2O4S. The third-order valence-corrected chi connectivity index (χ3v) is 6.24. The molecule has 0 spiro atoms. The van der Waals surface area contributed by atoms with Gasteiger partial charge in [-0.25, -0.2) is 13.4 Å². The minimum absolute atomic E-state index is 0.194. The number of nitrogens with zero attached hydrogens (tertiary/aromatic N) is 2. The van der Waals surface area contributed by atoms with Gasteiger partial charge in [0.1, 0.15) is 16.7 Å². The third kappa shape index (κ3) is 4.13. The van der Waals surface area contributed by atoms with Crippen LogP contribution in [0.15, 0.2) is 52.0 Å². The fourth-order valence-corrected chi connectivity index (χ4v) is 4.54. The number of rotatable bonds is 6. The second kappa shape index (κ2) is 7.72. The highest BCUT2D eigenvalue weighted by Gasteiger charge is 2.35. The van der Waals surface area contributed by atoms with Crippen molar-refractivity contribution in [1.29, 1.82) is 0 Å². The average molecular weight is 427 g/mol. The van der Waals surface area contributed by atoms with Crippen LogP contribution in [0.5, 0.6) is 11.6 Å². The number of benzene rings is 1. The molecule has 1 aliphatic rings. The van der Waals surface area contributed by atoms with Gasteiger partial charge in [0.05, 0.1) is 13.2 Å². The molecule has 1 fully saturated rings. The summed E-state index contributed by atoms with van der Waals surface area (Å²) in [7, 11) is -3.62. The number of sulfonamides is 1. The number of hydrogen-bond donors (Lipinski definition) is 0. The van der Waals surface area contributed by atoms with Gasteiger partial charge in [0.15, 0.2) is 0 Å². The van der Waals surface area contributed by atoms with Crippen molar-refractivity contribution in [3.8, 4) is 11.6 Å². The van der Waals surface area contributed by atoms with Gasteiger partial charge in [-0.2, -0.15) is 4.31 Å². The van der Waals surface area contributed by atoms with E-state index in [9.17, 15) is 8.42 Å². The molecular weight excluding hydrogens is 408 g/mol. The summed E-state index contributed by atoms with van der Waals surface area (Å²) in [5.41, 5.74) is 0. The van der Waals surface area contributed by atoms with Crippen molar-refractivity contribution in [3.05, 3.63) is 47.1 Å². The van der Waals surface area contributed by atoms with Gasteiger partial charge >= 0.3 is 0 Å². The number of aromatic nitrogens is 1. The molecule has 3 rings (SSSR count). The SMILES string of the molecule is CCOc1ccccc1S(=O)(=O)N1CCC(Oc2ccc(Br)cn2)C1. The third-order valence-electron chi connectivity index (χ3n) is 3.86. The molecule has 0 amide bonds. The molecule has 2 aromatic rings.